The van der Waals surface area contributed by atoms with Gasteiger partial charge in [-0.25, -0.2) is 4.98 Å². The van der Waals surface area contributed by atoms with Crippen molar-refractivity contribution in [2.24, 2.45) is 0 Å². The van der Waals surface area contributed by atoms with Gasteiger partial charge in [-0.1, -0.05) is 0 Å². The van der Waals surface area contributed by atoms with Gasteiger partial charge in [0.25, 0.3) is 0 Å². The summed E-state index contributed by atoms with van der Waals surface area (Å²) in [5.41, 5.74) is 1.71. The molecule has 2 aromatic rings. The normalized spacial score (nSPS) is 14.9. The quantitative estimate of drug-likeness (QED) is 0.825. The lowest BCUT2D eigenvalue weighted by Gasteiger charge is -2.04. The number of aromatic nitrogens is 3. The Balaban J connectivity index is 1.75. The van der Waals surface area contributed by atoms with Gasteiger partial charge >= 0.3 is 0 Å². The van der Waals surface area contributed by atoms with E-state index in [0.717, 1.165) is 24.0 Å². The molecule has 3 rings (SSSR count). The number of imidazole rings is 1. The molecule has 0 aliphatic heterocycles. The summed E-state index contributed by atoms with van der Waals surface area (Å²) in [5.74, 6) is 0.0877. The van der Waals surface area contributed by atoms with Gasteiger partial charge in [-0.2, -0.15) is 0 Å². The van der Waals surface area contributed by atoms with Gasteiger partial charge < -0.3 is 14.9 Å². The fourth-order valence-electron chi connectivity index (χ4n) is 1.94. The third-order valence-electron chi connectivity index (χ3n) is 3.03. The monoisotopic (exact) mass is 262 g/mol. The molecule has 18 heavy (non-hydrogen) atoms. The third kappa shape index (κ3) is 2.28. The maximum Gasteiger partial charge on any atom is 0.222 e. The molecular weight excluding hydrogens is 248 g/mol. The van der Waals surface area contributed by atoms with Crippen LogP contribution in [0.1, 0.15) is 19.3 Å². The minimum Gasteiger partial charge on any atom is -0.353 e. The molecule has 0 radical (unpaired) electrons. The highest BCUT2D eigenvalue weighted by Crippen LogP contribution is 2.18. The Bertz CT molecular complexity index is 641. The first-order valence-electron chi connectivity index (χ1n) is 6.07. The second-order valence-electron chi connectivity index (χ2n) is 4.55. The van der Waals surface area contributed by atoms with E-state index in [2.05, 4.69) is 15.3 Å². The van der Waals surface area contributed by atoms with E-state index in [1.807, 2.05) is 16.7 Å². The molecule has 1 fully saturated rings. The van der Waals surface area contributed by atoms with Crippen molar-refractivity contribution in [3.05, 3.63) is 23.1 Å². The van der Waals surface area contributed by atoms with Crippen molar-refractivity contribution in [2.45, 2.75) is 31.8 Å². The van der Waals surface area contributed by atoms with E-state index in [9.17, 15) is 4.79 Å². The van der Waals surface area contributed by atoms with Crippen molar-refractivity contribution in [3.8, 4) is 0 Å². The van der Waals surface area contributed by atoms with Crippen LogP contribution in [-0.4, -0.2) is 26.5 Å². The largest absolute Gasteiger partial charge is 0.353 e. The van der Waals surface area contributed by atoms with Crippen LogP contribution in [0, 0.1) is 4.77 Å². The predicted octanol–water partition coefficient (Wildman–Crippen LogP) is 1.76. The van der Waals surface area contributed by atoms with Crippen LogP contribution in [0.25, 0.3) is 11.2 Å². The predicted molar refractivity (Wildman–Crippen MR) is 70.7 cm³/mol. The molecule has 1 aliphatic carbocycles. The van der Waals surface area contributed by atoms with Crippen molar-refractivity contribution in [1.82, 2.24) is 19.9 Å². The van der Waals surface area contributed by atoms with Crippen LogP contribution in [0.4, 0.5) is 0 Å². The molecule has 0 saturated heterocycles. The first-order valence-corrected chi connectivity index (χ1v) is 6.48. The topological polar surface area (TPSA) is 62.7 Å². The number of fused-ring (bicyclic) bond motifs is 1. The van der Waals surface area contributed by atoms with Gasteiger partial charge in [0, 0.05) is 25.2 Å². The zero-order chi connectivity index (χ0) is 12.5. The molecular formula is C12H14N4OS. The smallest absolute Gasteiger partial charge is 0.222 e. The van der Waals surface area contributed by atoms with Gasteiger partial charge in [-0.3, -0.25) is 4.79 Å². The molecule has 94 valence electrons. The van der Waals surface area contributed by atoms with Gasteiger partial charge in [0.15, 0.2) is 10.4 Å². The molecule has 2 N–H and O–H groups in total. The molecule has 5 nitrogen and oxygen atoms in total. The molecule has 1 saturated carbocycles. The fourth-order valence-corrected chi connectivity index (χ4v) is 2.22. The third-order valence-corrected chi connectivity index (χ3v) is 3.36. The summed E-state index contributed by atoms with van der Waals surface area (Å²) in [4.78, 5) is 19.0. The van der Waals surface area contributed by atoms with Gasteiger partial charge in [0.2, 0.25) is 5.91 Å². The summed E-state index contributed by atoms with van der Waals surface area (Å²) in [6, 6.07) is 4.20. The molecule has 0 atom stereocenters. The summed E-state index contributed by atoms with van der Waals surface area (Å²) in [6.45, 7) is 0.564. The van der Waals surface area contributed by atoms with Crippen LogP contribution in [0.5, 0.6) is 0 Å². The fraction of sp³-hybridized carbons (Fsp3) is 0.417. The second-order valence-corrected chi connectivity index (χ2v) is 4.93. The number of pyridine rings is 1. The minimum absolute atomic E-state index is 0.0877. The molecule has 2 heterocycles. The molecule has 0 aromatic carbocycles. The average molecular weight is 262 g/mol. The summed E-state index contributed by atoms with van der Waals surface area (Å²) < 4.78 is 2.49. The summed E-state index contributed by atoms with van der Waals surface area (Å²) in [6.07, 6.45) is 4.39. The van der Waals surface area contributed by atoms with E-state index in [4.69, 9.17) is 12.2 Å². The van der Waals surface area contributed by atoms with Crippen LogP contribution >= 0.6 is 12.2 Å². The summed E-state index contributed by atoms with van der Waals surface area (Å²) in [5, 5.41) is 2.97. The number of hydrogen-bond acceptors (Lipinski definition) is 3. The maximum absolute atomic E-state index is 11.6. The van der Waals surface area contributed by atoms with Crippen LogP contribution in [0.15, 0.2) is 18.3 Å². The molecule has 0 bridgehead atoms. The Kier molecular flexibility index (Phi) is 2.87. The van der Waals surface area contributed by atoms with E-state index >= 15 is 0 Å². The Labute approximate surface area is 109 Å². The standard InChI is InChI=1S/C12H14N4OS/c17-10(14-8-3-4-8)5-7-16-11-9(15-12(16)18)2-1-6-13-11/h1-2,6,8H,3-5,7H2,(H,14,17)(H,15,18). The number of aryl methyl sites for hydroxylation is 1. The summed E-state index contributed by atoms with van der Waals surface area (Å²) >= 11 is 5.24. The molecule has 2 aromatic heterocycles. The number of amides is 1. The minimum atomic E-state index is 0.0877. The number of aromatic amines is 1. The Morgan fingerprint density at radius 2 is 2.44 bits per heavy atom. The highest BCUT2D eigenvalue weighted by atomic mass is 32.1. The van der Waals surface area contributed by atoms with Gasteiger partial charge in [0.1, 0.15) is 0 Å². The first kappa shape index (κ1) is 11.4. The zero-order valence-corrected chi connectivity index (χ0v) is 10.7. The summed E-state index contributed by atoms with van der Waals surface area (Å²) in [7, 11) is 0. The Morgan fingerprint density at radius 3 is 3.22 bits per heavy atom. The van der Waals surface area contributed by atoms with Crippen molar-refractivity contribution >= 4 is 29.3 Å². The number of hydrogen-bond donors (Lipinski definition) is 2. The van der Waals surface area contributed by atoms with Crippen LogP contribution in [0.3, 0.4) is 0 Å². The van der Waals surface area contributed by atoms with E-state index in [1.165, 1.54) is 0 Å². The molecule has 0 spiro atoms. The Morgan fingerprint density at radius 1 is 1.61 bits per heavy atom. The Hall–Kier alpha value is -1.69. The van der Waals surface area contributed by atoms with E-state index in [0.29, 0.717) is 23.8 Å². The van der Waals surface area contributed by atoms with Gasteiger partial charge in [-0.15, -0.1) is 0 Å². The maximum atomic E-state index is 11.6. The lowest BCUT2D eigenvalue weighted by Crippen LogP contribution is -2.26. The highest BCUT2D eigenvalue weighted by molar-refractivity contribution is 7.71. The number of H-pyrrole nitrogens is 1. The number of rotatable bonds is 4. The van der Waals surface area contributed by atoms with Crippen molar-refractivity contribution < 1.29 is 4.79 Å². The average Bonchev–Trinajstić information content (AvgIpc) is 3.09. The van der Waals surface area contributed by atoms with Gasteiger partial charge in [0.05, 0.1) is 5.52 Å². The second kappa shape index (κ2) is 4.53. The number of carbonyl (C=O) groups excluding carboxylic acids is 1. The number of carbonyl (C=O) groups is 1. The van der Waals surface area contributed by atoms with Gasteiger partial charge in [-0.05, 0) is 37.2 Å². The number of nitrogens with one attached hydrogen (secondary N) is 2. The van der Waals surface area contributed by atoms with Crippen molar-refractivity contribution in [3.63, 3.8) is 0 Å². The number of nitrogens with zero attached hydrogens (tertiary/aromatic N) is 2. The molecule has 6 heteroatoms. The van der Waals surface area contributed by atoms with E-state index < -0.39 is 0 Å². The van der Waals surface area contributed by atoms with Crippen molar-refractivity contribution in [1.29, 1.82) is 0 Å². The van der Waals surface area contributed by atoms with E-state index in [-0.39, 0.29) is 5.91 Å². The lowest BCUT2D eigenvalue weighted by molar-refractivity contribution is -0.121. The van der Waals surface area contributed by atoms with E-state index in [1.54, 1.807) is 6.20 Å². The molecule has 1 aliphatic rings. The van der Waals surface area contributed by atoms with Crippen LogP contribution in [-0.2, 0) is 11.3 Å². The van der Waals surface area contributed by atoms with Crippen LogP contribution < -0.4 is 5.32 Å². The highest BCUT2D eigenvalue weighted by Gasteiger charge is 2.22. The molecule has 0 unspecified atom stereocenters. The zero-order valence-electron chi connectivity index (χ0n) is 9.85. The molecule has 1 amide bonds. The van der Waals surface area contributed by atoms with Crippen LogP contribution in [0.2, 0.25) is 0 Å². The lowest BCUT2D eigenvalue weighted by atomic mass is 10.4. The van der Waals surface area contributed by atoms with Crippen molar-refractivity contribution in [2.75, 3.05) is 0 Å². The SMILES string of the molecule is O=C(CCn1c(=S)[nH]c2cccnc21)NC1CC1. The first-order chi connectivity index (χ1) is 8.74.